The summed E-state index contributed by atoms with van der Waals surface area (Å²) in [5.74, 6) is 0.665. The van der Waals surface area contributed by atoms with Crippen molar-refractivity contribution in [1.82, 2.24) is 0 Å². The van der Waals surface area contributed by atoms with Crippen LogP contribution < -0.4 is 19.7 Å². The Bertz CT molecular complexity index is 917. The van der Waals surface area contributed by atoms with Crippen LogP contribution in [0.1, 0.15) is 13.8 Å². The number of carbonyl (C=O) groups is 2. The van der Waals surface area contributed by atoms with Gasteiger partial charge < -0.3 is 19.7 Å². The van der Waals surface area contributed by atoms with Crippen LogP contribution in [0.2, 0.25) is 0 Å². The molecule has 2 aliphatic heterocycles. The SMILES string of the molecule is CCN1C(=O)C(C)(C(=O)Nc2ccc3c(c2)OCCO3)Sc2ccccc21. The molecular formula is C20H20N2O4S. The molecule has 0 saturated heterocycles. The van der Waals surface area contributed by atoms with E-state index in [4.69, 9.17) is 9.47 Å². The van der Waals surface area contributed by atoms with Gasteiger partial charge in [0, 0.05) is 23.2 Å². The fourth-order valence-electron chi connectivity index (χ4n) is 3.23. The van der Waals surface area contributed by atoms with Crippen molar-refractivity contribution in [1.29, 1.82) is 0 Å². The van der Waals surface area contributed by atoms with Gasteiger partial charge in [0.1, 0.15) is 13.2 Å². The molecule has 6 nitrogen and oxygen atoms in total. The lowest BCUT2D eigenvalue weighted by atomic mass is 10.1. The number of nitrogens with zero attached hydrogens (tertiary/aromatic N) is 1. The fraction of sp³-hybridized carbons (Fsp3) is 0.300. The van der Waals surface area contributed by atoms with E-state index < -0.39 is 4.75 Å². The van der Waals surface area contributed by atoms with Crippen molar-refractivity contribution in [3.05, 3.63) is 42.5 Å². The Morgan fingerprint density at radius 2 is 1.93 bits per heavy atom. The van der Waals surface area contributed by atoms with E-state index >= 15 is 0 Å². The molecule has 0 aliphatic carbocycles. The van der Waals surface area contributed by atoms with Crippen molar-refractivity contribution >= 4 is 35.0 Å². The lowest BCUT2D eigenvalue weighted by Crippen LogP contribution is -2.54. The lowest BCUT2D eigenvalue weighted by molar-refractivity contribution is -0.128. The summed E-state index contributed by atoms with van der Waals surface area (Å²) in [6.07, 6.45) is 0. The van der Waals surface area contributed by atoms with Gasteiger partial charge in [0.15, 0.2) is 16.2 Å². The Kier molecular flexibility index (Phi) is 4.47. The Hall–Kier alpha value is -2.67. The summed E-state index contributed by atoms with van der Waals surface area (Å²) in [6, 6.07) is 12.9. The number of ether oxygens (including phenoxy) is 2. The molecule has 7 heteroatoms. The van der Waals surface area contributed by atoms with E-state index in [0.717, 1.165) is 10.6 Å². The number of carbonyl (C=O) groups excluding carboxylic acids is 2. The molecule has 0 aromatic heterocycles. The largest absolute Gasteiger partial charge is 0.486 e. The summed E-state index contributed by atoms with van der Waals surface area (Å²) in [5.41, 5.74) is 1.42. The Morgan fingerprint density at radius 3 is 2.70 bits per heavy atom. The zero-order valence-electron chi connectivity index (χ0n) is 15.2. The molecule has 27 heavy (non-hydrogen) atoms. The number of benzene rings is 2. The first-order valence-corrected chi connectivity index (χ1v) is 9.65. The summed E-state index contributed by atoms with van der Waals surface area (Å²) in [7, 11) is 0. The van der Waals surface area contributed by atoms with Crippen LogP contribution in [0.25, 0.3) is 0 Å². The quantitative estimate of drug-likeness (QED) is 0.823. The maximum absolute atomic E-state index is 13.1. The molecule has 0 spiro atoms. The number of para-hydroxylation sites is 1. The molecule has 1 unspecified atom stereocenters. The van der Waals surface area contributed by atoms with Crippen LogP contribution in [0.5, 0.6) is 11.5 Å². The van der Waals surface area contributed by atoms with Crippen molar-refractivity contribution in [2.45, 2.75) is 23.5 Å². The van der Waals surface area contributed by atoms with Gasteiger partial charge in [-0.05, 0) is 38.1 Å². The molecule has 2 aromatic carbocycles. The van der Waals surface area contributed by atoms with Crippen LogP contribution >= 0.6 is 11.8 Å². The van der Waals surface area contributed by atoms with E-state index in [1.165, 1.54) is 11.8 Å². The average Bonchev–Trinajstić information content (AvgIpc) is 2.69. The predicted molar refractivity (Wildman–Crippen MR) is 105 cm³/mol. The monoisotopic (exact) mass is 384 g/mol. The third-order valence-corrected chi connectivity index (χ3v) is 6.01. The van der Waals surface area contributed by atoms with Crippen LogP contribution in [0.15, 0.2) is 47.4 Å². The Morgan fingerprint density at radius 1 is 1.19 bits per heavy atom. The van der Waals surface area contributed by atoms with E-state index in [9.17, 15) is 9.59 Å². The minimum absolute atomic E-state index is 0.219. The number of rotatable bonds is 3. The molecule has 1 N–H and O–H groups in total. The highest BCUT2D eigenvalue weighted by atomic mass is 32.2. The van der Waals surface area contributed by atoms with Crippen LogP contribution in [0, 0.1) is 0 Å². The van der Waals surface area contributed by atoms with Gasteiger partial charge in [0.2, 0.25) is 5.91 Å². The van der Waals surface area contributed by atoms with Gasteiger partial charge >= 0.3 is 0 Å². The van der Waals surface area contributed by atoms with E-state index in [0.29, 0.717) is 36.9 Å². The number of hydrogen-bond donors (Lipinski definition) is 1. The smallest absolute Gasteiger partial charge is 0.252 e. The number of hydrogen-bond acceptors (Lipinski definition) is 5. The molecule has 140 valence electrons. The molecule has 2 heterocycles. The van der Waals surface area contributed by atoms with E-state index in [2.05, 4.69) is 5.32 Å². The first kappa shape index (κ1) is 17.7. The number of nitrogens with one attached hydrogen (secondary N) is 1. The van der Waals surface area contributed by atoms with Crippen molar-refractivity contribution in [3.8, 4) is 11.5 Å². The van der Waals surface area contributed by atoms with Crippen molar-refractivity contribution in [2.24, 2.45) is 0 Å². The molecule has 0 fully saturated rings. The zero-order chi connectivity index (χ0) is 19.0. The topological polar surface area (TPSA) is 67.9 Å². The van der Waals surface area contributed by atoms with Crippen LogP contribution in [-0.2, 0) is 9.59 Å². The highest BCUT2D eigenvalue weighted by Crippen LogP contribution is 2.45. The number of fused-ring (bicyclic) bond motifs is 2. The number of thioether (sulfide) groups is 1. The molecular weight excluding hydrogens is 364 g/mol. The third-order valence-electron chi connectivity index (χ3n) is 4.67. The number of anilines is 2. The van der Waals surface area contributed by atoms with Gasteiger partial charge in [0.05, 0.1) is 5.69 Å². The minimum Gasteiger partial charge on any atom is -0.486 e. The van der Waals surface area contributed by atoms with Gasteiger partial charge in [-0.3, -0.25) is 9.59 Å². The van der Waals surface area contributed by atoms with Crippen molar-refractivity contribution < 1.29 is 19.1 Å². The second-order valence-corrected chi connectivity index (χ2v) is 7.93. The molecule has 0 bridgehead atoms. The van der Waals surface area contributed by atoms with Gasteiger partial charge in [0.25, 0.3) is 5.91 Å². The highest BCUT2D eigenvalue weighted by Gasteiger charge is 2.48. The Balaban J connectivity index is 1.62. The second kappa shape index (κ2) is 6.81. The van der Waals surface area contributed by atoms with E-state index in [-0.39, 0.29) is 11.8 Å². The summed E-state index contributed by atoms with van der Waals surface area (Å²) in [5, 5.41) is 2.87. The van der Waals surface area contributed by atoms with E-state index in [1.54, 1.807) is 30.0 Å². The fourth-order valence-corrected chi connectivity index (χ4v) is 4.44. The Labute approximate surface area is 161 Å². The highest BCUT2D eigenvalue weighted by molar-refractivity contribution is 8.02. The summed E-state index contributed by atoms with van der Waals surface area (Å²) < 4.78 is 9.81. The predicted octanol–water partition coefficient (Wildman–Crippen LogP) is 3.31. The normalized spacial score (nSPS) is 20.8. The van der Waals surface area contributed by atoms with E-state index in [1.807, 2.05) is 31.2 Å². The average molecular weight is 384 g/mol. The van der Waals surface area contributed by atoms with Gasteiger partial charge in [-0.2, -0.15) is 0 Å². The lowest BCUT2D eigenvalue weighted by Gasteiger charge is -2.38. The van der Waals surface area contributed by atoms with Gasteiger partial charge in [-0.15, -0.1) is 0 Å². The van der Waals surface area contributed by atoms with Crippen LogP contribution in [0.3, 0.4) is 0 Å². The maximum Gasteiger partial charge on any atom is 0.252 e. The van der Waals surface area contributed by atoms with Crippen LogP contribution in [-0.4, -0.2) is 36.3 Å². The maximum atomic E-state index is 13.1. The van der Waals surface area contributed by atoms with Crippen LogP contribution in [0.4, 0.5) is 11.4 Å². The molecule has 1 atom stereocenters. The molecule has 0 radical (unpaired) electrons. The van der Waals surface area contributed by atoms with Crippen molar-refractivity contribution in [2.75, 3.05) is 30.0 Å². The molecule has 4 rings (SSSR count). The molecule has 2 amide bonds. The number of amides is 2. The molecule has 0 saturated carbocycles. The standard InChI is InChI=1S/C20H20N2O4S/c1-3-22-14-6-4-5-7-17(14)27-20(2,19(22)24)18(23)21-13-8-9-15-16(12-13)26-11-10-25-15/h4-9,12H,3,10-11H2,1-2H3,(H,21,23). The third kappa shape index (κ3) is 3.02. The van der Waals surface area contributed by atoms with Gasteiger partial charge in [-0.1, -0.05) is 23.9 Å². The first-order valence-electron chi connectivity index (χ1n) is 8.84. The first-order chi connectivity index (χ1) is 13.0. The summed E-state index contributed by atoms with van der Waals surface area (Å²) in [6.45, 7) is 5.06. The minimum atomic E-state index is -1.25. The summed E-state index contributed by atoms with van der Waals surface area (Å²) in [4.78, 5) is 28.8. The zero-order valence-corrected chi connectivity index (χ0v) is 16.0. The second-order valence-electron chi connectivity index (χ2n) is 6.47. The van der Waals surface area contributed by atoms with Crippen molar-refractivity contribution in [3.63, 3.8) is 0 Å². The molecule has 2 aromatic rings. The molecule has 2 aliphatic rings. The van der Waals surface area contributed by atoms with Gasteiger partial charge in [-0.25, -0.2) is 0 Å². The summed E-state index contributed by atoms with van der Waals surface area (Å²) >= 11 is 1.28.